The Hall–Kier alpha value is -3.22. The second-order valence-electron chi connectivity index (χ2n) is 7.75. The molecule has 174 valence electrons. The molecule has 0 spiro atoms. The fraction of sp³-hybridized carbons (Fsp3) is 0.440. The fourth-order valence-corrected chi connectivity index (χ4v) is 4.00. The highest BCUT2D eigenvalue weighted by Gasteiger charge is 2.47. The summed E-state index contributed by atoms with van der Waals surface area (Å²) in [5.74, 6) is 0.177. The third-order valence-corrected chi connectivity index (χ3v) is 5.61. The number of hydrogen-bond acceptors (Lipinski definition) is 5. The van der Waals surface area contributed by atoms with Crippen molar-refractivity contribution >= 4 is 17.5 Å². The molecule has 0 saturated carbocycles. The fourth-order valence-electron chi connectivity index (χ4n) is 4.00. The maximum Gasteiger partial charge on any atom is 0.248 e. The van der Waals surface area contributed by atoms with E-state index >= 15 is 0 Å². The van der Waals surface area contributed by atoms with Crippen molar-refractivity contribution in [3.05, 3.63) is 48.0 Å². The molecule has 0 fully saturated rings. The number of nitrogens with zero attached hydrogens (tertiary/aromatic N) is 1. The number of unbranched alkanes of at least 4 members (excludes halogenated alkanes) is 2. The van der Waals surface area contributed by atoms with Crippen molar-refractivity contribution in [2.45, 2.75) is 57.9 Å². The molecule has 0 saturated heterocycles. The second-order valence-corrected chi connectivity index (χ2v) is 7.75. The van der Waals surface area contributed by atoms with Gasteiger partial charge in [0.2, 0.25) is 11.8 Å². The average Bonchev–Trinajstić information content (AvgIpc) is 2.78. The van der Waals surface area contributed by atoms with Gasteiger partial charge in [0.25, 0.3) is 0 Å². The zero-order valence-electron chi connectivity index (χ0n) is 19.4. The Kier molecular flexibility index (Phi) is 8.93. The summed E-state index contributed by atoms with van der Waals surface area (Å²) in [4.78, 5) is 28.2. The normalized spacial score (nSPS) is 12.6. The lowest BCUT2D eigenvalue weighted by atomic mass is 9.81. The number of carbonyl (C=O) groups excluding carboxylic acids is 2. The van der Waals surface area contributed by atoms with Gasteiger partial charge in [-0.15, -0.1) is 0 Å². The first-order chi connectivity index (χ1) is 15.3. The van der Waals surface area contributed by atoms with Crippen LogP contribution in [0.25, 0.3) is 0 Å². The number of primary amides is 1. The third kappa shape index (κ3) is 5.15. The van der Waals surface area contributed by atoms with E-state index in [4.69, 9.17) is 15.2 Å². The van der Waals surface area contributed by atoms with Crippen molar-refractivity contribution in [2.24, 2.45) is 5.73 Å². The molecule has 3 N–H and O–H groups in total. The van der Waals surface area contributed by atoms with Crippen LogP contribution in [0, 0.1) is 0 Å². The van der Waals surface area contributed by atoms with E-state index in [0.717, 1.165) is 12.8 Å². The summed E-state index contributed by atoms with van der Waals surface area (Å²) in [6, 6.07) is 11.4. The number of aromatic hydroxyl groups is 1. The number of methoxy groups -OCH3 is 2. The van der Waals surface area contributed by atoms with Crippen LogP contribution in [0.4, 0.5) is 5.69 Å². The number of phenols is 1. The molecule has 1 unspecified atom stereocenters. The summed E-state index contributed by atoms with van der Waals surface area (Å²) in [6.45, 7) is 3.98. The lowest BCUT2D eigenvalue weighted by Gasteiger charge is -2.42. The predicted octanol–water partition coefficient (Wildman–Crippen LogP) is 4.50. The number of benzene rings is 2. The van der Waals surface area contributed by atoms with E-state index in [-0.39, 0.29) is 18.1 Å². The SMILES string of the molecule is CCCCCC(C(N)=O)(c1ccc(O)cc1)N(C(=O)CCC)c1ccc(OC)c(OC)c1. The van der Waals surface area contributed by atoms with Crippen LogP contribution in [0.5, 0.6) is 17.2 Å². The summed E-state index contributed by atoms with van der Waals surface area (Å²) >= 11 is 0. The van der Waals surface area contributed by atoms with E-state index < -0.39 is 11.4 Å². The molecule has 7 nitrogen and oxygen atoms in total. The Morgan fingerprint density at radius 2 is 1.62 bits per heavy atom. The molecular formula is C25H34N2O5. The van der Waals surface area contributed by atoms with Gasteiger partial charge in [-0.05, 0) is 42.7 Å². The predicted molar refractivity (Wildman–Crippen MR) is 125 cm³/mol. The molecule has 2 amide bonds. The maximum absolute atomic E-state index is 13.5. The standard InChI is InChI=1S/C25H34N2O5/c1-5-7-8-16-25(24(26)30,18-10-13-20(28)14-11-18)27(23(29)9-6-2)19-12-15-21(31-3)22(17-19)32-4/h10-15,17,28H,5-9,16H2,1-4H3,(H2,26,30). The van der Waals surface area contributed by atoms with Gasteiger partial charge in [0.15, 0.2) is 17.0 Å². The molecule has 0 aliphatic rings. The second kappa shape index (κ2) is 11.4. The highest BCUT2D eigenvalue weighted by atomic mass is 16.5. The molecule has 0 aliphatic carbocycles. The van der Waals surface area contributed by atoms with Gasteiger partial charge in [0.05, 0.1) is 14.2 Å². The molecule has 0 aliphatic heterocycles. The lowest BCUT2D eigenvalue weighted by Crippen LogP contribution is -2.57. The molecule has 1 atom stereocenters. The van der Waals surface area contributed by atoms with Crippen LogP contribution in [0.3, 0.4) is 0 Å². The van der Waals surface area contributed by atoms with Gasteiger partial charge < -0.3 is 20.3 Å². The van der Waals surface area contributed by atoms with Crippen LogP contribution in [-0.2, 0) is 15.1 Å². The summed E-state index contributed by atoms with van der Waals surface area (Å²) in [6.07, 6.45) is 3.74. The van der Waals surface area contributed by atoms with E-state index in [2.05, 4.69) is 6.92 Å². The number of amides is 2. The van der Waals surface area contributed by atoms with Gasteiger partial charge in [-0.2, -0.15) is 0 Å². The summed E-state index contributed by atoms with van der Waals surface area (Å²) in [5.41, 5.74) is 5.69. The minimum Gasteiger partial charge on any atom is -0.508 e. The van der Waals surface area contributed by atoms with Gasteiger partial charge >= 0.3 is 0 Å². The number of carbonyl (C=O) groups is 2. The highest BCUT2D eigenvalue weighted by Crippen LogP contribution is 2.41. The van der Waals surface area contributed by atoms with Crippen molar-refractivity contribution in [2.75, 3.05) is 19.1 Å². The van der Waals surface area contributed by atoms with Crippen molar-refractivity contribution in [1.29, 1.82) is 0 Å². The summed E-state index contributed by atoms with van der Waals surface area (Å²) in [5, 5.41) is 9.82. The van der Waals surface area contributed by atoms with E-state index in [1.54, 1.807) is 30.3 Å². The molecule has 2 aromatic carbocycles. The van der Waals surface area contributed by atoms with Crippen molar-refractivity contribution in [3.8, 4) is 17.2 Å². The quantitative estimate of drug-likeness (QED) is 0.471. The molecule has 0 aromatic heterocycles. The van der Waals surface area contributed by atoms with Crippen LogP contribution < -0.4 is 20.1 Å². The number of hydrogen-bond donors (Lipinski definition) is 2. The van der Waals surface area contributed by atoms with Crippen molar-refractivity contribution in [3.63, 3.8) is 0 Å². The Morgan fingerprint density at radius 3 is 2.16 bits per heavy atom. The van der Waals surface area contributed by atoms with Crippen LogP contribution in [-0.4, -0.2) is 31.1 Å². The summed E-state index contributed by atoms with van der Waals surface area (Å²) in [7, 11) is 3.05. The van der Waals surface area contributed by atoms with Crippen molar-refractivity contribution in [1.82, 2.24) is 0 Å². The van der Waals surface area contributed by atoms with Crippen LogP contribution in [0.1, 0.15) is 57.9 Å². The van der Waals surface area contributed by atoms with Gasteiger partial charge in [-0.25, -0.2) is 0 Å². The molecule has 7 heteroatoms. The van der Waals surface area contributed by atoms with Gasteiger partial charge in [0, 0.05) is 18.2 Å². The zero-order chi connectivity index (χ0) is 23.7. The van der Waals surface area contributed by atoms with E-state index in [0.29, 0.717) is 42.0 Å². The monoisotopic (exact) mass is 442 g/mol. The minimum atomic E-state index is -1.42. The molecule has 32 heavy (non-hydrogen) atoms. The molecule has 2 rings (SSSR count). The molecule has 0 heterocycles. The molecule has 0 radical (unpaired) electrons. The van der Waals surface area contributed by atoms with Crippen LogP contribution in [0.2, 0.25) is 0 Å². The Balaban J connectivity index is 2.80. The van der Waals surface area contributed by atoms with Gasteiger partial charge in [-0.3, -0.25) is 14.5 Å². The number of nitrogens with two attached hydrogens (primary N) is 1. The van der Waals surface area contributed by atoms with Gasteiger partial charge in [-0.1, -0.05) is 45.2 Å². The van der Waals surface area contributed by atoms with Crippen molar-refractivity contribution < 1.29 is 24.2 Å². The average molecular weight is 443 g/mol. The lowest BCUT2D eigenvalue weighted by molar-refractivity contribution is -0.129. The minimum absolute atomic E-state index is 0.0678. The largest absolute Gasteiger partial charge is 0.508 e. The van der Waals surface area contributed by atoms with Crippen LogP contribution >= 0.6 is 0 Å². The van der Waals surface area contributed by atoms with E-state index in [9.17, 15) is 14.7 Å². The van der Waals surface area contributed by atoms with E-state index in [1.165, 1.54) is 31.3 Å². The summed E-state index contributed by atoms with van der Waals surface area (Å²) < 4.78 is 10.8. The number of anilines is 1. The van der Waals surface area contributed by atoms with Crippen LogP contribution in [0.15, 0.2) is 42.5 Å². The highest BCUT2D eigenvalue weighted by molar-refractivity contribution is 6.04. The van der Waals surface area contributed by atoms with Gasteiger partial charge in [0.1, 0.15) is 5.75 Å². The van der Waals surface area contributed by atoms with E-state index in [1.807, 2.05) is 6.92 Å². The first kappa shape index (κ1) is 25.0. The molecule has 0 bridgehead atoms. The first-order valence-corrected chi connectivity index (χ1v) is 11.0. The number of phenolic OH excluding ortho intramolecular Hbond substituents is 1. The Morgan fingerprint density at radius 1 is 0.969 bits per heavy atom. The number of ether oxygens (including phenoxy) is 2. The molecule has 2 aromatic rings. The maximum atomic E-state index is 13.5. The molecular weight excluding hydrogens is 408 g/mol. The topological polar surface area (TPSA) is 102 Å². The third-order valence-electron chi connectivity index (χ3n) is 5.61. The Bertz CT molecular complexity index is 913. The smallest absolute Gasteiger partial charge is 0.248 e. The zero-order valence-corrected chi connectivity index (χ0v) is 19.4. The number of rotatable bonds is 12. The first-order valence-electron chi connectivity index (χ1n) is 11.0. The Labute approximate surface area is 190 Å².